The number of fused-ring (bicyclic) bond motifs is 3. The number of aromatic amines is 1. The minimum Gasteiger partial charge on any atom is -0.478 e. The number of hydrogen-bond donors (Lipinski definition) is 3. The van der Waals surface area contributed by atoms with Crippen LogP contribution in [-0.4, -0.2) is 34.6 Å². The summed E-state index contributed by atoms with van der Waals surface area (Å²) >= 11 is 0. The predicted molar refractivity (Wildman–Crippen MR) is 121 cm³/mol. The number of para-hydroxylation sites is 1. The number of nitrogens with zero attached hydrogens (tertiary/aromatic N) is 2. The van der Waals surface area contributed by atoms with E-state index < -0.39 is 5.97 Å². The van der Waals surface area contributed by atoms with E-state index in [2.05, 4.69) is 27.6 Å². The van der Waals surface area contributed by atoms with Crippen LogP contribution >= 0.6 is 0 Å². The molecule has 3 N–H and O–H groups in total. The van der Waals surface area contributed by atoms with Gasteiger partial charge in [0.2, 0.25) is 0 Å². The molecule has 1 aromatic heterocycles. The van der Waals surface area contributed by atoms with Gasteiger partial charge in [0.1, 0.15) is 6.29 Å². The van der Waals surface area contributed by atoms with E-state index in [1.165, 1.54) is 0 Å². The molecule has 1 aliphatic heterocycles. The Balaban J connectivity index is 1.87. The maximum atomic E-state index is 11.7. The average Bonchev–Trinajstić information content (AvgIpc) is 3.23. The number of aryl methyl sites for hydroxylation is 1. The number of carbonyl (C=O) groups excluding carboxylic acids is 1. The van der Waals surface area contributed by atoms with Gasteiger partial charge in [-0.25, -0.2) is 4.79 Å². The topological polar surface area (TPSA) is 98.3 Å². The van der Waals surface area contributed by atoms with Crippen molar-refractivity contribution in [1.82, 2.24) is 10.2 Å². The van der Waals surface area contributed by atoms with Gasteiger partial charge in [0.15, 0.2) is 5.82 Å². The van der Waals surface area contributed by atoms with Crippen molar-refractivity contribution in [1.29, 1.82) is 0 Å². The first-order chi connectivity index (χ1) is 14.8. The second kappa shape index (κ2) is 7.91. The Morgan fingerprint density at radius 2 is 2.03 bits per heavy atom. The summed E-state index contributed by atoms with van der Waals surface area (Å²) < 4.78 is 0. The van der Waals surface area contributed by atoms with Gasteiger partial charge in [0.25, 0.3) is 0 Å². The van der Waals surface area contributed by atoms with Gasteiger partial charge < -0.3 is 20.1 Å². The fourth-order valence-electron chi connectivity index (χ4n) is 4.62. The highest BCUT2D eigenvalue weighted by Gasteiger charge is 2.36. The summed E-state index contributed by atoms with van der Waals surface area (Å²) in [5.74, 6) is -0.395. The number of H-pyrrole nitrogens is 1. The Morgan fingerprint density at radius 3 is 2.74 bits per heavy atom. The van der Waals surface area contributed by atoms with E-state index in [0.29, 0.717) is 5.69 Å². The first kappa shape index (κ1) is 20.7. The monoisotopic (exact) mass is 418 g/mol. The summed E-state index contributed by atoms with van der Waals surface area (Å²) in [5.41, 5.74) is 6.00. The van der Waals surface area contributed by atoms with Crippen LogP contribution in [0.1, 0.15) is 53.0 Å². The minimum absolute atomic E-state index is 0.138. The Morgan fingerprint density at radius 1 is 1.29 bits per heavy atom. The van der Waals surface area contributed by atoms with Gasteiger partial charge in [-0.1, -0.05) is 36.8 Å². The molecule has 0 saturated heterocycles. The van der Waals surface area contributed by atoms with E-state index in [4.69, 9.17) is 0 Å². The highest BCUT2D eigenvalue weighted by Crippen LogP contribution is 2.48. The molecule has 2 aromatic carbocycles. The lowest BCUT2D eigenvalue weighted by Crippen LogP contribution is -2.34. The lowest BCUT2D eigenvalue weighted by atomic mass is 9.80. The number of carboxylic acids is 1. The lowest BCUT2D eigenvalue weighted by molar-refractivity contribution is -0.111. The molecule has 2 heterocycles. The fourth-order valence-corrected chi connectivity index (χ4v) is 4.62. The molecule has 0 spiro atoms. The molecule has 4 rings (SSSR count). The average molecular weight is 418 g/mol. The number of aldehydes is 1. The van der Waals surface area contributed by atoms with Crippen molar-refractivity contribution in [3.63, 3.8) is 0 Å². The number of carboxylic acid groups (broad SMARTS) is 1. The summed E-state index contributed by atoms with van der Waals surface area (Å²) in [5, 5.41) is 20.3. The molecule has 0 fully saturated rings. The van der Waals surface area contributed by atoms with Crippen molar-refractivity contribution < 1.29 is 14.7 Å². The number of hydrogen-bond acceptors (Lipinski definition) is 5. The first-order valence-corrected chi connectivity index (χ1v) is 10.3. The SMILES string of the molecule is Cc1cc(C(C)Nc2ccccc2C(=O)O)c2c(c1)C(C(C)C=O)N(C)c1n[nH]cc1-2. The predicted octanol–water partition coefficient (Wildman–Crippen LogP) is 4.58. The third-order valence-electron chi connectivity index (χ3n) is 6.01. The maximum Gasteiger partial charge on any atom is 0.337 e. The molecular weight excluding hydrogens is 392 g/mol. The molecule has 7 heteroatoms. The Bertz CT molecular complexity index is 1150. The van der Waals surface area contributed by atoms with E-state index >= 15 is 0 Å². The molecule has 7 nitrogen and oxygen atoms in total. The molecule has 3 unspecified atom stereocenters. The van der Waals surface area contributed by atoms with E-state index in [1.54, 1.807) is 18.2 Å². The third-order valence-corrected chi connectivity index (χ3v) is 6.01. The first-order valence-electron chi connectivity index (χ1n) is 10.3. The smallest absolute Gasteiger partial charge is 0.337 e. The zero-order valence-corrected chi connectivity index (χ0v) is 18.0. The molecule has 0 saturated carbocycles. The molecule has 31 heavy (non-hydrogen) atoms. The normalized spacial score (nSPS) is 16.8. The second-order valence-electron chi connectivity index (χ2n) is 8.21. The standard InChI is InChI=1S/C24H26N4O3/c1-13-9-17(15(3)26-20-8-6-5-7-16(20)24(30)31)21-18(10-13)22(14(2)12-29)28(4)23-19(21)11-25-27-23/h5-12,14-15,22,26H,1-4H3,(H,25,27)(H,30,31). The third kappa shape index (κ3) is 3.46. The zero-order chi connectivity index (χ0) is 22.3. The summed E-state index contributed by atoms with van der Waals surface area (Å²) in [7, 11) is 1.96. The van der Waals surface area contributed by atoms with Crippen LogP contribution in [0, 0.1) is 12.8 Å². The Labute approximate surface area is 181 Å². The second-order valence-corrected chi connectivity index (χ2v) is 8.21. The summed E-state index contributed by atoms with van der Waals surface area (Å²) in [6.45, 7) is 5.97. The molecule has 0 radical (unpaired) electrons. The molecular formula is C24H26N4O3. The maximum absolute atomic E-state index is 11.7. The number of nitrogens with one attached hydrogen (secondary N) is 2. The Hall–Kier alpha value is -3.61. The van der Waals surface area contributed by atoms with Crippen molar-refractivity contribution in [3.05, 3.63) is 64.8 Å². The number of aromatic nitrogens is 2. The summed E-state index contributed by atoms with van der Waals surface area (Å²) in [6, 6.07) is 10.8. The molecule has 3 aromatic rings. The number of benzene rings is 2. The van der Waals surface area contributed by atoms with Gasteiger partial charge >= 0.3 is 5.97 Å². The van der Waals surface area contributed by atoms with E-state index in [9.17, 15) is 14.7 Å². The highest BCUT2D eigenvalue weighted by molar-refractivity contribution is 5.94. The van der Waals surface area contributed by atoms with Crippen molar-refractivity contribution in [2.75, 3.05) is 17.3 Å². The summed E-state index contributed by atoms with van der Waals surface area (Å²) in [4.78, 5) is 25.4. The van der Waals surface area contributed by atoms with Crippen molar-refractivity contribution in [3.8, 4) is 11.1 Å². The van der Waals surface area contributed by atoms with Gasteiger partial charge in [-0.15, -0.1) is 0 Å². The van der Waals surface area contributed by atoms with Crippen molar-refractivity contribution in [2.24, 2.45) is 5.92 Å². The highest BCUT2D eigenvalue weighted by atomic mass is 16.4. The van der Waals surface area contributed by atoms with Crippen LogP contribution in [0.4, 0.5) is 11.5 Å². The largest absolute Gasteiger partial charge is 0.478 e. The molecule has 0 bridgehead atoms. The van der Waals surface area contributed by atoms with E-state index in [0.717, 1.165) is 39.9 Å². The van der Waals surface area contributed by atoms with Gasteiger partial charge in [-0.05, 0) is 42.7 Å². The molecule has 1 aliphatic rings. The zero-order valence-electron chi connectivity index (χ0n) is 18.0. The van der Waals surface area contributed by atoms with Gasteiger partial charge in [-0.3, -0.25) is 5.10 Å². The Kier molecular flexibility index (Phi) is 5.27. The van der Waals surface area contributed by atoms with Crippen LogP contribution in [-0.2, 0) is 4.79 Å². The van der Waals surface area contributed by atoms with Crippen molar-refractivity contribution in [2.45, 2.75) is 32.9 Å². The number of rotatable bonds is 6. The molecule has 160 valence electrons. The number of aromatic carboxylic acids is 1. The minimum atomic E-state index is -0.972. The fraction of sp³-hybridized carbons (Fsp3) is 0.292. The van der Waals surface area contributed by atoms with Gasteiger partial charge in [0, 0.05) is 36.5 Å². The quantitative estimate of drug-likeness (QED) is 0.507. The van der Waals surface area contributed by atoms with Crippen LogP contribution in [0.5, 0.6) is 0 Å². The van der Waals surface area contributed by atoms with Gasteiger partial charge in [0.05, 0.1) is 11.6 Å². The van der Waals surface area contributed by atoms with Crippen LogP contribution in [0.2, 0.25) is 0 Å². The molecule has 0 amide bonds. The van der Waals surface area contributed by atoms with Crippen LogP contribution in [0.25, 0.3) is 11.1 Å². The number of carbonyl (C=O) groups is 2. The number of anilines is 2. The summed E-state index contributed by atoms with van der Waals surface area (Å²) in [6.07, 6.45) is 2.86. The molecule has 0 aliphatic carbocycles. The van der Waals surface area contributed by atoms with Crippen molar-refractivity contribution >= 4 is 23.8 Å². The van der Waals surface area contributed by atoms with Crippen LogP contribution < -0.4 is 10.2 Å². The van der Waals surface area contributed by atoms with Crippen LogP contribution in [0.3, 0.4) is 0 Å². The van der Waals surface area contributed by atoms with E-state index in [1.807, 2.05) is 45.0 Å². The molecule has 3 atom stereocenters. The van der Waals surface area contributed by atoms with E-state index in [-0.39, 0.29) is 23.6 Å². The lowest BCUT2D eigenvalue weighted by Gasteiger charge is -2.38. The van der Waals surface area contributed by atoms with Gasteiger partial charge in [-0.2, -0.15) is 5.10 Å². The van der Waals surface area contributed by atoms with Crippen LogP contribution in [0.15, 0.2) is 42.6 Å².